The minimum atomic E-state index is -4.61. The molecule has 0 fully saturated rings. The van der Waals surface area contributed by atoms with Crippen LogP contribution in [-0.2, 0) is 15.8 Å². The lowest BCUT2D eigenvalue weighted by Crippen LogP contribution is -2.43. The number of amides is 2. The van der Waals surface area contributed by atoms with Crippen molar-refractivity contribution >= 4 is 23.2 Å². The van der Waals surface area contributed by atoms with E-state index in [1.165, 1.54) is 49.2 Å². The third-order valence-electron chi connectivity index (χ3n) is 4.07. The Morgan fingerprint density at radius 2 is 1.57 bits per heavy atom. The molecule has 28 heavy (non-hydrogen) atoms. The van der Waals surface area contributed by atoms with Crippen LogP contribution in [0.15, 0.2) is 48.5 Å². The number of hydrogen-bond acceptors (Lipinski definition) is 3. The Balaban J connectivity index is 1.99. The summed E-state index contributed by atoms with van der Waals surface area (Å²) in [7, 11) is 1.46. The molecule has 0 heterocycles. The van der Waals surface area contributed by atoms with Gasteiger partial charge in [-0.2, -0.15) is 13.2 Å². The first-order valence-electron chi connectivity index (χ1n) is 8.31. The Bertz CT molecular complexity index is 855. The highest BCUT2D eigenvalue weighted by molar-refractivity contribution is 5.96. The summed E-state index contributed by atoms with van der Waals surface area (Å²) < 4.78 is 52.6. The average molecular weight is 397 g/mol. The zero-order valence-electron chi connectivity index (χ0n) is 15.2. The Morgan fingerprint density at radius 1 is 1.00 bits per heavy atom. The van der Waals surface area contributed by atoms with E-state index < -0.39 is 35.4 Å². The number of carbonyl (C=O) groups is 2. The molecular formula is C19H19F4N3O2. The normalized spacial score (nSPS) is 12.5. The van der Waals surface area contributed by atoms with Gasteiger partial charge in [0, 0.05) is 0 Å². The molecule has 0 bridgehead atoms. The molecule has 2 aromatic carbocycles. The van der Waals surface area contributed by atoms with Crippen LogP contribution in [0, 0.1) is 5.82 Å². The topological polar surface area (TPSA) is 61.4 Å². The third kappa shape index (κ3) is 5.53. The highest BCUT2D eigenvalue weighted by atomic mass is 19.4. The highest BCUT2D eigenvalue weighted by Crippen LogP contribution is 2.34. The molecule has 2 rings (SSSR count). The van der Waals surface area contributed by atoms with Gasteiger partial charge in [-0.25, -0.2) is 4.39 Å². The summed E-state index contributed by atoms with van der Waals surface area (Å²) in [4.78, 5) is 25.7. The number of benzene rings is 2. The Hall–Kier alpha value is -2.94. The van der Waals surface area contributed by atoms with E-state index in [2.05, 4.69) is 10.6 Å². The van der Waals surface area contributed by atoms with Crippen molar-refractivity contribution in [2.24, 2.45) is 0 Å². The predicted molar refractivity (Wildman–Crippen MR) is 97.2 cm³/mol. The fourth-order valence-electron chi connectivity index (χ4n) is 2.39. The lowest BCUT2D eigenvalue weighted by molar-refractivity contribution is -0.137. The fourth-order valence-corrected chi connectivity index (χ4v) is 2.39. The predicted octanol–water partition coefficient (Wildman–Crippen LogP) is 3.74. The maximum Gasteiger partial charge on any atom is 0.418 e. The molecule has 0 saturated carbocycles. The van der Waals surface area contributed by atoms with Crippen LogP contribution in [0.4, 0.5) is 28.9 Å². The number of hydrogen-bond donors (Lipinski definition) is 2. The van der Waals surface area contributed by atoms with Gasteiger partial charge in [0.05, 0.1) is 29.5 Å². The van der Waals surface area contributed by atoms with Gasteiger partial charge in [0.25, 0.3) is 0 Å². The van der Waals surface area contributed by atoms with Gasteiger partial charge in [0.1, 0.15) is 5.82 Å². The van der Waals surface area contributed by atoms with E-state index in [0.717, 1.165) is 12.1 Å². The number of likely N-dealkylation sites (N-methyl/N-ethyl adjacent to an activating group) is 1. The minimum Gasteiger partial charge on any atom is -0.324 e. The third-order valence-corrected chi connectivity index (χ3v) is 4.07. The lowest BCUT2D eigenvalue weighted by Gasteiger charge is -2.23. The van der Waals surface area contributed by atoms with Gasteiger partial charge < -0.3 is 10.6 Å². The molecule has 0 aliphatic heterocycles. The maximum atomic E-state index is 13.6. The zero-order chi connectivity index (χ0) is 20.9. The van der Waals surface area contributed by atoms with Crippen molar-refractivity contribution in [2.75, 3.05) is 24.2 Å². The van der Waals surface area contributed by atoms with E-state index in [9.17, 15) is 27.2 Å². The van der Waals surface area contributed by atoms with Crippen molar-refractivity contribution in [3.8, 4) is 0 Å². The first kappa shape index (κ1) is 21.4. The monoisotopic (exact) mass is 397 g/mol. The Morgan fingerprint density at radius 3 is 2.18 bits per heavy atom. The van der Waals surface area contributed by atoms with E-state index in [1.807, 2.05) is 0 Å². The second-order valence-electron chi connectivity index (χ2n) is 6.15. The number of nitrogens with zero attached hydrogens (tertiary/aromatic N) is 1. The average Bonchev–Trinajstić information content (AvgIpc) is 2.62. The van der Waals surface area contributed by atoms with E-state index >= 15 is 0 Å². The second kappa shape index (κ2) is 8.83. The Labute approximate surface area is 159 Å². The van der Waals surface area contributed by atoms with E-state index in [1.54, 1.807) is 6.07 Å². The molecule has 1 atom stereocenters. The summed E-state index contributed by atoms with van der Waals surface area (Å²) in [6.45, 7) is 1.16. The summed E-state index contributed by atoms with van der Waals surface area (Å²) in [6.07, 6.45) is -4.61. The number of para-hydroxylation sites is 2. The van der Waals surface area contributed by atoms with Crippen LogP contribution in [0.1, 0.15) is 12.5 Å². The largest absolute Gasteiger partial charge is 0.418 e. The van der Waals surface area contributed by atoms with Crippen molar-refractivity contribution in [2.45, 2.75) is 19.1 Å². The molecule has 2 aromatic rings. The van der Waals surface area contributed by atoms with Gasteiger partial charge >= 0.3 is 6.18 Å². The molecule has 0 unspecified atom stereocenters. The van der Waals surface area contributed by atoms with Gasteiger partial charge in [-0.3, -0.25) is 14.5 Å². The van der Waals surface area contributed by atoms with Gasteiger partial charge in [0.2, 0.25) is 11.8 Å². The number of nitrogens with one attached hydrogen (secondary N) is 2. The summed E-state index contributed by atoms with van der Waals surface area (Å²) >= 11 is 0. The van der Waals surface area contributed by atoms with Crippen LogP contribution in [0.5, 0.6) is 0 Å². The van der Waals surface area contributed by atoms with Gasteiger partial charge in [-0.05, 0) is 38.2 Å². The smallest absolute Gasteiger partial charge is 0.324 e. The van der Waals surface area contributed by atoms with E-state index in [4.69, 9.17) is 0 Å². The molecule has 0 saturated heterocycles. The maximum absolute atomic E-state index is 13.6. The molecule has 150 valence electrons. The van der Waals surface area contributed by atoms with Crippen molar-refractivity contribution in [3.05, 3.63) is 59.9 Å². The zero-order valence-corrected chi connectivity index (χ0v) is 15.2. The minimum absolute atomic E-state index is 0.00342. The molecule has 0 radical (unpaired) electrons. The van der Waals surface area contributed by atoms with Crippen molar-refractivity contribution in [1.82, 2.24) is 4.90 Å². The standard InChI is InChI=1S/C19H19F4N3O2/c1-12(18(28)25-16-10-6-4-8-14(16)20)26(2)11-17(27)24-15-9-5-3-7-13(15)19(21,22)23/h3-10,12H,11H2,1-2H3,(H,24,27)(H,25,28)/t12-/m1/s1. The molecule has 0 spiro atoms. The molecule has 2 amide bonds. The number of halogens is 4. The molecule has 0 aliphatic rings. The molecule has 5 nitrogen and oxygen atoms in total. The Kier molecular flexibility index (Phi) is 6.74. The first-order chi connectivity index (χ1) is 13.1. The van der Waals surface area contributed by atoms with Crippen LogP contribution < -0.4 is 10.6 Å². The summed E-state index contributed by atoms with van der Waals surface area (Å²) in [5, 5.41) is 4.62. The summed E-state index contributed by atoms with van der Waals surface area (Å²) in [5.74, 6) is -1.88. The fraction of sp³-hybridized carbons (Fsp3) is 0.263. The summed E-state index contributed by atoms with van der Waals surface area (Å²) in [6, 6.07) is 9.39. The molecule has 9 heteroatoms. The quantitative estimate of drug-likeness (QED) is 0.730. The second-order valence-corrected chi connectivity index (χ2v) is 6.15. The number of rotatable bonds is 6. The van der Waals surface area contributed by atoms with Crippen LogP contribution in [-0.4, -0.2) is 36.3 Å². The highest BCUT2D eigenvalue weighted by Gasteiger charge is 2.33. The molecular weight excluding hydrogens is 378 g/mol. The molecule has 0 aromatic heterocycles. The van der Waals surface area contributed by atoms with Crippen molar-refractivity contribution < 1.29 is 27.2 Å². The lowest BCUT2D eigenvalue weighted by atomic mass is 10.1. The van der Waals surface area contributed by atoms with E-state index in [0.29, 0.717) is 0 Å². The van der Waals surface area contributed by atoms with Crippen molar-refractivity contribution in [1.29, 1.82) is 0 Å². The van der Waals surface area contributed by atoms with E-state index in [-0.39, 0.29) is 17.9 Å². The SMILES string of the molecule is C[C@H](C(=O)Nc1ccccc1F)N(C)CC(=O)Nc1ccccc1C(F)(F)F. The van der Waals surface area contributed by atoms with Crippen LogP contribution in [0.2, 0.25) is 0 Å². The summed E-state index contributed by atoms with van der Waals surface area (Å²) in [5.41, 5.74) is -1.33. The first-order valence-corrected chi connectivity index (χ1v) is 8.31. The van der Waals surface area contributed by atoms with Crippen LogP contribution >= 0.6 is 0 Å². The molecule has 0 aliphatic carbocycles. The van der Waals surface area contributed by atoms with Crippen LogP contribution in [0.3, 0.4) is 0 Å². The van der Waals surface area contributed by atoms with Gasteiger partial charge in [-0.15, -0.1) is 0 Å². The van der Waals surface area contributed by atoms with Gasteiger partial charge in [-0.1, -0.05) is 24.3 Å². The van der Waals surface area contributed by atoms with Crippen molar-refractivity contribution in [3.63, 3.8) is 0 Å². The number of anilines is 2. The van der Waals surface area contributed by atoms with Crippen LogP contribution in [0.25, 0.3) is 0 Å². The number of alkyl halides is 3. The van der Waals surface area contributed by atoms with Gasteiger partial charge in [0.15, 0.2) is 0 Å². The molecule has 2 N–H and O–H groups in total. The number of carbonyl (C=O) groups excluding carboxylic acids is 2.